The van der Waals surface area contributed by atoms with Crippen LogP contribution < -0.4 is 0 Å². The highest BCUT2D eigenvalue weighted by Crippen LogP contribution is 2.30. The maximum atomic E-state index is 12.3. The number of rotatable bonds is 12. The first-order chi connectivity index (χ1) is 10.4. The molecule has 0 heterocycles. The third-order valence-electron chi connectivity index (χ3n) is 3.93. The maximum Gasteiger partial charge on any atom is 0.328 e. The van der Waals surface area contributed by atoms with Crippen LogP contribution in [0.25, 0.3) is 0 Å². The molecular weight excluding hydrogens is 296 g/mol. The highest BCUT2D eigenvalue weighted by Gasteiger charge is 2.37. The van der Waals surface area contributed by atoms with Crippen molar-refractivity contribution in [2.45, 2.75) is 84.4 Å². The van der Waals surface area contributed by atoms with E-state index >= 15 is 0 Å². The summed E-state index contributed by atoms with van der Waals surface area (Å²) >= 11 is 0. The fraction of sp³-hybridized carbons (Fsp3) is 0.765. The summed E-state index contributed by atoms with van der Waals surface area (Å²) in [6, 6.07) is 2.99. The summed E-state index contributed by atoms with van der Waals surface area (Å²) in [6.45, 7) is 7.97. The van der Waals surface area contributed by atoms with Gasteiger partial charge in [0, 0.05) is 11.6 Å². The van der Waals surface area contributed by atoms with Crippen molar-refractivity contribution in [1.29, 1.82) is 0 Å². The summed E-state index contributed by atoms with van der Waals surface area (Å²) < 4.78 is 5.98. The van der Waals surface area contributed by atoms with Crippen LogP contribution in [0.3, 0.4) is 0 Å². The van der Waals surface area contributed by atoms with Gasteiger partial charge in [-0.1, -0.05) is 59.3 Å². The van der Waals surface area contributed by atoms with E-state index < -0.39 is 20.3 Å². The first-order valence-corrected chi connectivity index (χ1v) is 11.1. The average Bonchev–Trinajstić information content (AvgIpc) is 2.47. The molecule has 0 unspecified atom stereocenters. The van der Waals surface area contributed by atoms with E-state index in [1.165, 1.54) is 6.92 Å². The number of unbranched alkanes of at least 4 members (excludes halogenated alkanes) is 3. The number of carboxylic acid groups (broad SMARTS) is 1. The predicted molar refractivity (Wildman–Crippen MR) is 92.4 cm³/mol. The van der Waals surface area contributed by atoms with Gasteiger partial charge in [-0.05, 0) is 25.1 Å². The number of hydrogen-bond donors (Lipinski definition) is 1. The predicted octanol–water partition coefficient (Wildman–Crippen LogP) is 4.91. The molecule has 0 rings (SSSR count). The normalized spacial score (nSPS) is 12.3. The van der Waals surface area contributed by atoms with Crippen LogP contribution in [-0.4, -0.2) is 25.4 Å². The molecule has 22 heavy (non-hydrogen) atoms. The van der Waals surface area contributed by atoms with Crippen molar-refractivity contribution in [1.82, 2.24) is 0 Å². The van der Waals surface area contributed by atoms with E-state index in [1.807, 2.05) is 0 Å². The Morgan fingerprint density at radius 1 is 0.955 bits per heavy atom. The minimum absolute atomic E-state index is 0.189. The molecule has 0 amide bonds. The molecule has 0 aromatic heterocycles. The van der Waals surface area contributed by atoms with Crippen LogP contribution in [0.5, 0.6) is 0 Å². The zero-order chi connectivity index (χ0) is 17.0. The van der Waals surface area contributed by atoms with Gasteiger partial charge in [0.1, 0.15) is 0 Å². The van der Waals surface area contributed by atoms with Crippen LogP contribution in [-0.2, 0) is 14.0 Å². The Labute approximate surface area is 136 Å². The van der Waals surface area contributed by atoms with Gasteiger partial charge < -0.3 is 9.53 Å². The van der Waals surface area contributed by atoms with Gasteiger partial charge in [-0.3, -0.25) is 0 Å². The number of hydrogen-bond acceptors (Lipinski definition) is 3. The lowest BCUT2D eigenvalue weighted by Gasteiger charge is -2.31. The molecule has 1 N–H and O–H groups in total. The zero-order valence-electron chi connectivity index (χ0n) is 14.6. The molecule has 0 aromatic rings. The van der Waals surface area contributed by atoms with E-state index in [0.29, 0.717) is 0 Å². The molecule has 0 bridgehead atoms. The van der Waals surface area contributed by atoms with Crippen molar-refractivity contribution >= 4 is 20.3 Å². The van der Waals surface area contributed by atoms with Crippen LogP contribution >= 0.6 is 0 Å². The standard InChI is InChI=1S/C17H32O4Si/c1-5-8-11-22(12-9-6-2,13-10-7-3)21-17(20)15(4)14-16(18)19/h14H,5-13H2,1-4H3,(H,18,19). The van der Waals surface area contributed by atoms with Gasteiger partial charge >= 0.3 is 11.9 Å². The van der Waals surface area contributed by atoms with Crippen LogP contribution in [0.15, 0.2) is 11.6 Å². The highest BCUT2D eigenvalue weighted by molar-refractivity contribution is 6.75. The van der Waals surface area contributed by atoms with Gasteiger partial charge in [-0.15, -0.1) is 0 Å². The van der Waals surface area contributed by atoms with E-state index in [1.54, 1.807) is 0 Å². The van der Waals surface area contributed by atoms with Gasteiger partial charge in [-0.25, -0.2) is 9.59 Å². The third-order valence-corrected chi connectivity index (χ3v) is 8.34. The number of carbonyl (C=O) groups is 2. The fourth-order valence-electron chi connectivity index (χ4n) is 2.55. The number of carboxylic acids is 1. The largest absolute Gasteiger partial charge is 0.516 e. The quantitative estimate of drug-likeness (QED) is 0.408. The smallest absolute Gasteiger partial charge is 0.328 e. The molecular formula is C17H32O4Si. The van der Waals surface area contributed by atoms with Gasteiger partial charge in [0.25, 0.3) is 8.32 Å². The second-order valence-electron chi connectivity index (χ2n) is 6.05. The second-order valence-corrected chi connectivity index (χ2v) is 10.1. The molecule has 4 nitrogen and oxygen atoms in total. The first kappa shape index (κ1) is 20.9. The summed E-state index contributed by atoms with van der Waals surface area (Å²) in [6.07, 6.45) is 7.45. The van der Waals surface area contributed by atoms with Crippen LogP contribution in [0, 0.1) is 0 Å². The Morgan fingerprint density at radius 2 is 1.36 bits per heavy atom. The Hall–Kier alpha value is -1.10. The Bertz CT molecular complexity index is 355. The summed E-state index contributed by atoms with van der Waals surface area (Å²) in [7, 11) is -2.12. The summed E-state index contributed by atoms with van der Waals surface area (Å²) in [5.74, 6) is -1.53. The van der Waals surface area contributed by atoms with E-state index in [-0.39, 0.29) is 5.57 Å². The molecule has 128 valence electrons. The lowest BCUT2D eigenvalue weighted by atomic mass is 10.3. The molecule has 0 aliphatic carbocycles. The van der Waals surface area contributed by atoms with Crippen molar-refractivity contribution in [2.24, 2.45) is 0 Å². The van der Waals surface area contributed by atoms with Crippen molar-refractivity contribution < 1.29 is 19.1 Å². The van der Waals surface area contributed by atoms with Crippen LogP contribution in [0.1, 0.15) is 66.2 Å². The molecule has 5 heteroatoms. The summed E-state index contributed by atoms with van der Waals surface area (Å²) in [5.41, 5.74) is 0.189. The monoisotopic (exact) mass is 328 g/mol. The minimum Gasteiger partial charge on any atom is -0.516 e. The van der Waals surface area contributed by atoms with Crippen molar-refractivity contribution in [3.8, 4) is 0 Å². The molecule has 0 aliphatic heterocycles. The highest BCUT2D eigenvalue weighted by atomic mass is 28.4. The van der Waals surface area contributed by atoms with E-state index in [2.05, 4.69) is 20.8 Å². The van der Waals surface area contributed by atoms with E-state index in [4.69, 9.17) is 9.53 Å². The number of carbonyl (C=O) groups excluding carboxylic acids is 1. The second kappa shape index (κ2) is 11.5. The summed E-state index contributed by atoms with van der Waals surface area (Å²) in [5, 5.41) is 8.78. The van der Waals surface area contributed by atoms with E-state index in [0.717, 1.165) is 62.7 Å². The Morgan fingerprint density at radius 3 is 1.68 bits per heavy atom. The molecule has 0 saturated heterocycles. The Balaban J connectivity index is 5.13. The average molecular weight is 329 g/mol. The van der Waals surface area contributed by atoms with Crippen molar-refractivity contribution in [3.05, 3.63) is 11.6 Å². The topological polar surface area (TPSA) is 63.6 Å². The van der Waals surface area contributed by atoms with Gasteiger partial charge in [0.2, 0.25) is 0 Å². The molecule has 0 aromatic carbocycles. The fourth-order valence-corrected chi connectivity index (χ4v) is 7.15. The Kier molecular flexibility index (Phi) is 10.9. The van der Waals surface area contributed by atoms with Gasteiger partial charge in [-0.2, -0.15) is 0 Å². The minimum atomic E-state index is -2.12. The van der Waals surface area contributed by atoms with E-state index in [9.17, 15) is 9.59 Å². The van der Waals surface area contributed by atoms with Gasteiger partial charge in [0.15, 0.2) is 0 Å². The third kappa shape index (κ3) is 8.37. The lowest BCUT2D eigenvalue weighted by Crippen LogP contribution is -2.40. The molecule has 0 saturated carbocycles. The zero-order valence-corrected chi connectivity index (χ0v) is 15.6. The van der Waals surface area contributed by atoms with Gasteiger partial charge in [0.05, 0.1) is 0 Å². The first-order valence-electron chi connectivity index (χ1n) is 8.55. The summed E-state index contributed by atoms with van der Waals surface area (Å²) in [4.78, 5) is 23.0. The number of aliphatic carboxylic acids is 1. The van der Waals surface area contributed by atoms with Crippen LogP contribution in [0.2, 0.25) is 18.1 Å². The SMILES string of the molecule is CCCC[Si](CCCC)(CCCC)OC(=O)C(C)=CC(=O)O. The maximum absolute atomic E-state index is 12.3. The molecule has 0 spiro atoms. The molecule has 0 fully saturated rings. The van der Waals surface area contributed by atoms with Crippen molar-refractivity contribution in [3.63, 3.8) is 0 Å². The molecule has 0 radical (unpaired) electrons. The lowest BCUT2D eigenvalue weighted by molar-refractivity contribution is -0.134. The molecule has 0 aliphatic rings. The molecule has 0 atom stereocenters. The van der Waals surface area contributed by atoms with Crippen molar-refractivity contribution in [2.75, 3.05) is 0 Å². The van der Waals surface area contributed by atoms with Crippen LogP contribution in [0.4, 0.5) is 0 Å².